The van der Waals surface area contributed by atoms with Gasteiger partial charge < -0.3 is 25.9 Å². The highest BCUT2D eigenvalue weighted by Crippen LogP contribution is 2.31. The first-order chi connectivity index (χ1) is 15.0. The Morgan fingerprint density at radius 1 is 1.10 bits per heavy atom. The SMILES string of the molecule is CCOc1ccc2ccccc2c1C(=O)Nc1nc(-c2ccccc2O)[nH]c1C(N)=O. The van der Waals surface area contributed by atoms with Crippen LogP contribution in [0.1, 0.15) is 27.8 Å². The summed E-state index contributed by atoms with van der Waals surface area (Å²) in [6, 6.07) is 17.5. The number of rotatable bonds is 6. The van der Waals surface area contributed by atoms with Crippen molar-refractivity contribution < 1.29 is 19.4 Å². The number of anilines is 1. The van der Waals surface area contributed by atoms with Crippen molar-refractivity contribution in [1.82, 2.24) is 9.97 Å². The molecule has 3 aromatic carbocycles. The molecule has 5 N–H and O–H groups in total. The van der Waals surface area contributed by atoms with Crippen molar-refractivity contribution in [3.05, 3.63) is 71.9 Å². The Hall–Kier alpha value is -4.33. The van der Waals surface area contributed by atoms with Gasteiger partial charge in [0.1, 0.15) is 23.0 Å². The van der Waals surface area contributed by atoms with Crippen molar-refractivity contribution in [3.63, 3.8) is 0 Å². The molecule has 0 aliphatic carbocycles. The first-order valence-electron chi connectivity index (χ1n) is 9.63. The summed E-state index contributed by atoms with van der Waals surface area (Å²) in [6.45, 7) is 2.21. The minimum absolute atomic E-state index is 0.0298. The van der Waals surface area contributed by atoms with Gasteiger partial charge in [-0.2, -0.15) is 0 Å². The number of primary amides is 1. The van der Waals surface area contributed by atoms with E-state index in [2.05, 4.69) is 15.3 Å². The van der Waals surface area contributed by atoms with Gasteiger partial charge in [0, 0.05) is 0 Å². The Morgan fingerprint density at radius 3 is 2.58 bits per heavy atom. The fourth-order valence-corrected chi connectivity index (χ4v) is 3.38. The zero-order valence-corrected chi connectivity index (χ0v) is 16.7. The molecule has 2 amide bonds. The molecule has 1 aromatic heterocycles. The molecular weight excluding hydrogens is 396 g/mol. The van der Waals surface area contributed by atoms with E-state index in [0.29, 0.717) is 28.9 Å². The number of hydrogen-bond acceptors (Lipinski definition) is 5. The minimum atomic E-state index is -0.799. The zero-order valence-electron chi connectivity index (χ0n) is 16.7. The maximum absolute atomic E-state index is 13.3. The molecule has 0 unspecified atom stereocenters. The fraction of sp³-hybridized carbons (Fsp3) is 0.0870. The van der Waals surface area contributed by atoms with Crippen LogP contribution in [0.4, 0.5) is 5.82 Å². The average Bonchev–Trinajstić information content (AvgIpc) is 3.17. The molecule has 0 spiro atoms. The molecule has 156 valence electrons. The highest BCUT2D eigenvalue weighted by molar-refractivity contribution is 6.16. The van der Waals surface area contributed by atoms with Gasteiger partial charge in [-0.15, -0.1) is 0 Å². The summed E-state index contributed by atoms with van der Waals surface area (Å²) in [5, 5.41) is 14.3. The average molecular weight is 416 g/mol. The number of imidazole rings is 1. The Kier molecular flexibility index (Phi) is 5.28. The van der Waals surface area contributed by atoms with Crippen LogP contribution in [0.3, 0.4) is 0 Å². The number of nitrogens with zero attached hydrogens (tertiary/aromatic N) is 1. The van der Waals surface area contributed by atoms with E-state index in [0.717, 1.165) is 5.39 Å². The molecule has 0 atom stereocenters. The molecule has 0 saturated heterocycles. The van der Waals surface area contributed by atoms with Crippen LogP contribution in [0.2, 0.25) is 0 Å². The quantitative estimate of drug-likeness (QED) is 0.381. The third kappa shape index (κ3) is 3.78. The number of phenols is 1. The number of benzene rings is 3. The van der Waals surface area contributed by atoms with E-state index in [1.807, 2.05) is 37.3 Å². The van der Waals surface area contributed by atoms with E-state index in [-0.39, 0.29) is 23.1 Å². The maximum atomic E-state index is 13.3. The summed E-state index contributed by atoms with van der Waals surface area (Å²) in [7, 11) is 0. The van der Waals surface area contributed by atoms with E-state index >= 15 is 0 Å². The first kappa shape index (κ1) is 20.0. The second-order valence-corrected chi connectivity index (χ2v) is 6.74. The Labute approximate surface area is 177 Å². The van der Waals surface area contributed by atoms with Gasteiger partial charge in [-0.05, 0) is 35.9 Å². The van der Waals surface area contributed by atoms with Crippen LogP contribution in [0.25, 0.3) is 22.2 Å². The second-order valence-electron chi connectivity index (χ2n) is 6.74. The number of aromatic nitrogens is 2. The summed E-state index contributed by atoms with van der Waals surface area (Å²) in [5.41, 5.74) is 6.09. The topological polar surface area (TPSA) is 130 Å². The molecule has 0 radical (unpaired) electrons. The highest BCUT2D eigenvalue weighted by Gasteiger charge is 2.23. The number of ether oxygens (including phenoxy) is 1. The van der Waals surface area contributed by atoms with Crippen LogP contribution in [-0.2, 0) is 0 Å². The smallest absolute Gasteiger partial charge is 0.269 e. The van der Waals surface area contributed by atoms with E-state index in [1.165, 1.54) is 6.07 Å². The molecular formula is C23H20N4O4. The predicted molar refractivity (Wildman–Crippen MR) is 117 cm³/mol. The van der Waals surface area contributed by atoms with Crippen LogP contribution in [0, 0.1) is 0 Å². The Morgan fingerprint density at radius 2 is 1.84 bits per heavy atom. The summed E-state index contributed by atoms with van der Waals surface area (Å²) in [4.78, 5) is 32.3. The number of fused-ring (bicyclic) bond motifs is 1. The Balaban J connectivity index is 1.78. The van der Waals surface area contributed by atoms with E-state index in [1.54, 1.807) is 24.3 Å². The number of nitrogens with two attached hydrogens (primary N) is 1. The molecule has 0 fully saturated rings. The van der Waals surface area contributed by atoms with Crippen LogP contribution in [0.15, 0.2) is 60.7 Å². The van der Waals surface area contributed by atoms with Gasteiger partial charge in [-0.1, -0.05) is 42.5 Å². The van der Waals surface area contributed by atoms with Crippen molar-refractivity contribution in [2.75, 3.05) is 11.9 Å². The lowest BCUT2D eigenvalue weighted by Gasteiger charge is -2.13. The van der Waals surface area contributed by atoms with E-state index in [4.69, 9.17) is 10.5 Å². The lowest BCUT2D eigenvalue weighted by molar-refractivity contribution is 0.0997. The summed E-state index contributed by atoms with van der Waals surface area (Å²) in [6.07, 6.45) is 0. The molecule has 31 heavy (non-hydrogen) atoms. The summed E-state index contributed by atoms with van der Waals surface area (Å²) in [5.74, 6) is -0.754. The minimum Gasteiger partial charge on any atom is -0.507 e. The predicted octanol–water partition coefficient (Wildman–Crippen LogP) is 3.69. The standard InChI is InChI=1S/C23H20N4O4/c1-2-31-17-12-11-13-7-3-4-8-14(13)18(17)23(30)27-22-19(20(24)29)25-21(26-22)15-9-5-6-10-16(15)28/h3-12,28H,2H2,1H3,(H2,24,29)(H,25,26)(H,27,30). The molecule has 0 aliphatic rings. The van der Waals surface area contributed by atoms with Gasteiger partial charge >= 0.3 is 0 Å². The summed E-state index contributed by atoms with van der Waals surface area (Å²) >= 11 is 0. The fourth-order valence-electron chi connectivity index (χ4n) is 3.38. The molecule has 8 heteroatoms. The number of hydrogen-bond donors (Lipinski definition) is 4. The van der Waals surface area contributed by atoms with E-state index < -0.39 is 11.8 Å². The normalized spacial score (nSPS) is 10.7. The summed E-state index contributed by atoms with van der Waals surface area (Å²) < 4.78 is 5.66. The molecule has 0 bridgehead atoms. The van der Waals surface area contributed by atoms with Crippen molar-refractivity contribution in [1.29, 1.82) is 0 Å². The van der Waals surface area contributed by atoms with Gasteiger partial charge in [-0.25, -0.2) is 4.98 Å². The highest BCUT2D eigenvalue weighted by atomic mass is 16.5. The number of aromatic hydroxyl groups is 1. The maximum Gasteiger partial charge on any atom is 0.269 e. The lowest BCUT2D eigenvalue weighted by Crippen LogP contribution is -2.19. The number of carbonyl (C=O) groups is 2. The third-order valence-corrected chi connectivity index (χ3v) is 4.76. The van der Waals surface area contributed by atoms with E-state index in [9.17, 15) is 14.7 Å². The largest absolute Gasteiger partial charge is 0.507 e. The lowest BCUT2D eigenvalue weighted by atomic mass is 10.0. The van der Waals surface area contributed by atoms with Crippen LogP contribution in [-0.4, -0.2) is 33.5 Å². The molecule has 1 heterocycles. The number of phenolic OH excluding ortho intramolecular Hbond substituents is 1. The van der Waals surface area contributed by atoms with Crippen LogP contribution >= 0.6 is 0 Å². The Bertz CT molecular complexity index is 1300. The van der Waals surface area contributed by atoms with Gasteiger partial charge in [0.2, 0.25) is 0 Å². The number of carbonyl (C=O) groups excluding carboxylic acids is 2. The number of para-hydroxylation sites is 1. The van der Waals surface area contributed by atoms with Crippen molar-refractivity contribution in [3.8, 4) is 22.9 Å². The van der Waals surface area contributed by atoms with Crippen molar-refractivity contribution >= 4 is 28.4 Å². The molecule has 4 rings (SSSR count). The third-order valence-electron chi connectivity index (χ3n) is 4.76. The number of aromatic amines is 1. The molecule has 4 aromatic rings. The number of amides is 2. The zero-order chi connectivity index (χ0) is 22.0. The van der Waals surface area contributed by atoms with Gasteiger partial charge in [-0.3, -0.25) is 9.59 Å². The van der Waals surface area contributed by atoms with Crippen molar-refractivity contribution in [2.45, 2.75) is 6.92 Å². The number of H-pyrrole nitrogens is 1. The van der Waals surface area contributed by atoms with Gasteiger partial charge in [0.15, 0.2) is 5.82 Å². The monoisotopic (exact) mass is 416 g/mol. The van der Waals surface area contributed by atoms with Gasteiger partial charge in [0.05, 0.1) is 17.7 Å². The molecule has 0 saturated carbocycles. The molecule has 8 nitrogen and oxygen atoms in total. The van der Waals surface area contributed by atoms with Gasteiger partial charge in [0.25, 0.3) is 11.8 Å². The first-order valence-corrected chi connectivity index (χ1v) is 9.63. The second kappa shape index (κ2) is 8.19. The molecule has 0 aliphatic heterocycles. The van der Waals surface area contributed by atoms with Crippen LogP contribution in [0.5, 0.6) is 11.5 Å². The van der Waals surface area contributed by atoms with Crippen molar-refractivity contribution in [2.24, 2.45) is 5.73 Å². The van der Waals surface area contributed by atoms with Crippen LogP contribution < -0.4 is 15.8 Å². The number of nitrogens with one attached hydrogen (secondary N) is 2.